The van der Waals surface area contributed by atoms with Crippen LogP contribution in [0.3, 0.4) is 0 Å². The van der Waals surface area contributed by atoms with Gasteiger partial charge in [-0.05, 0) is 23.5 Å². The van der Waals surface area contributed by atoms with Gasteiger partial charge in [-0.3, -0.25) is 10.1 Å². The summed E-state index contributed by atoms with van der Waals surface area (Å²) in [5.74, 6) is 1.84. The maximum Gasteiger partial charge on any atom is 0.250 e. The average molecular weight is 369 g/mol. The molecule has 0 aliphatic carbocycles. The Hall–Kier alpha value is -1.57. The van der Waals surface area contributed by atoms with E-state index in [1.807, 2.05) is 30.0 Å². The van der Waals surface area contributed by atoms with Crippen molar-refractivity contribution in [2.45, 2.75) is 6.92 Å². The molecule has 0 saturated heterocycles. The number of carbonyl (C=O) groups is 1. The summed E-state index contributed by atoms with van der Waals surface area (Å²) in [6, 6.07) is 7.32. The Morgan fingerprint density at radius 2 is 2.13 bits per heavy atom. The third-order valence-electron chi connectivity index (χ3n) is 2.70. The van der Waals surface area contributed by atoms with Gasteiger partial charge >= 0.3 is 0 Å². The molecule has 2 rings (SSSR count). The first-order valence-corrected chi connectivity index (χ1v) is 9.42. The predicted molar refractivity (Wildman–Crippen MR) is 101 cm³/mol. The fourth-order valence-electron chi connectivity index (χ4n) is 1.64. The number of hydrogen-bond acceptors (Lipinski definition) is 6. The zero-order valence-corrected chi connectivity index (χ0v) is 15.0. The lowest BCUT2D eigenvalue weighted by Gasteiger charge is -1.99. The van der Waals surface area contributed by atoms with Crippen LogP contribution in [0, 0.1) is 0 Å². The van der Waals surface area contributed by atoms with Crippen molar-refractivity contribution in [2.24, 2.45) is 0 Å². The largest absolute Gasteiger partial charge is 0.359 e. The van der Waals surface area contributed by atoms with E-state index in [0.29, 0.717) is 15.3 Å². The third kappa shape index (κ3) is 6.21. The van der Waals surface area contributed by atoms with Gasteiger partial charge < -0.3 is 5.32 Å². The summed E-state index contributed by atoms with van der Waals surface area (Å²) >= 11 is 9.19. The lowest BCUT2D eigenvalue weighted by Crippen LogP contribution is -2.07. The van der Waals surface area contributed by atoms with Gasteiger partial charge in [-0.1, -0.05) is 48.1 Å². The second kappa shape index (κ2) is 9.54. The van der Waals surface area contributed by atoms with Gasteiger partial charge in [0.2, 0.25) is 16.2 Å². The van der Waals surface area contributed by atoms with Gasteiger partial charge in [0.25, 0.3) is 0 Å². The molecule has 122 valence electrons. The maximum atomic E-state index is 11.9. The van der Waals surface area contributed by atoms with E-state index in [1.165, 1.54) is 17.4 Å². The van der Waals surface area contributed by atoms with Crippen LogP contribution in [-0.4, -0.2) is 34.2 Å². The normalized spacial score (nSPS) is 10.9. The van der Waals surface area contributed by atoms with Crippen LogP contribution in [0.15, 0.2) is 30.3 Å². The molecule has 0 bridgehead atoms. The number of aromatic nitrogens is 2. The number of amides is 1. The van der Waals surface area contributed by atoms with Gasteiger partial charge in [-0.15, -0.1) is 10.2 Å². The zero-order valence-electron chi connectivity index (χ0n) is 12.6. The number of rotatable bonds is 8. The second-order valence-corrected chi connectivity index (χ2v) is 7.16. The molecule has 0 radical (unpaired) electrons. The van der Waals surface area contributed by atoms with Crippen LogP contribution in [0.25, 0.3) is 6.08 Å². The number of benzene rings is 1. The Morgan fingerprint density at radius 3 is 2.91 bits per heavy atom. The minimum absolute atomic E-state index is 0.269. The first kappa shape index (κ1) is 17.8. The van der Waals surface area contributed by atoms with Crippen LogP contribution in [0.1, 0.15) is 12.5 Å². The van der Waals surface area contributed by atoms with E-state index in [4.69, 9.17) is 11.6 Å². The molecule has 8 heteroatoms. The van der Waals surface area contributed by atoms with Gasteiger partial charge in [0.15, 0.2) is 0 Å². The van der Waals surface area contributed by atoms with Crippen LogP contribution in [0.5, 0.6) is 0 Å². The Labute approximate surface area is 148 Å². The first-order chi connectivity index (χ1) is 11.2. The van der Waals surface area contributed by atoms with E-state index in [1.54, 1.807) is 12.1 Å². The van der Waals surface area contributed by atoms with Crippen LogP contribution < -0.4 is 10.6 Å². The molecule has 0 saturated carbocycles. The molecule has 1 amide bonds. The van der Waals surface area contributed by atoms with Crippen LogP contribution in [-0.2, 0) is 4.79 Å². The van der Waals surface area contributed by atoms with Crippen molar-refractivity contribution >= 4 is 56.9 Å². The summed E-state index contributed by atoms with van der Waals surface area (Å²) in [4.78, 5) is 11.9. The standard InChI is InChI=1S/C15H17ClN4OS2/c1-2-22-10-9-17-14-19-20-15(23-14)18-13(21)8-7-11-5-3-4-6-12(11)16/h3-8H,2,9-10H2,1H3,(H,17,19)(H,18,20,21). The molecule has 0 aliphatic rings. The fourth-order valence-corrected chi connectivity index (χ4v) is 3.05. The molecule has 2 N–H and O–H groups in total. The van der Waals surface area contributed by atoms with Crippen LogP contribution in [0.4, 0.5) is 10.3 Å². The molecule has 0 fully saturated rings. The summed E-state index contributed by atoms with van der Waals surface area (Å²) in [5, 5.41) is 15.5. The number of hydrogen-bond donors (Lipinski definition) is 2. The van der Waals surface area contributed by atoms with Crippen molar-refractivity contribution in [2.75, 3.05) is 28.7 Å². The number of halogens is 1. The number of nitrogens with one attached hydrogen (secondary N) is 2. The highest BCUT2D eigenvalue weighted by Gasteiger charge is 2.06. The number of thioether (sulfide) groups is 1. The quantitative estimate of drug-likeness (QED) is 0.544. The van der Waals surface area contributed by atoms with Crippen LogP contribution in [0.2, 0.25) is 5.02 Å². The summed E-state index contributed by atoms with van der Waals surface area (Å²) in [5.41, 5.74) is 0.789. The van der Waals surface area contributed by atoms with Gasteiger partial charge in [0.05, 0.1) is 0 Å². The molecule has 5 nitrogen and oxygen atoms in total. The highest BCUT2D eigenvalue weighted by Crippen LogP contribution is 2.20. The predicted octanol–water partition coefficient (Wildman–Crippen LogP) is 4.01. The Balaban J connectivity index is 1.83. The van der Waals surface area contributed by atoms with Crippen molar-refractivity contribution in [3.63, 3.8) is 0 Å². The minimum Gasteiger partial charge on any atom is -0.359 e. The summed E-state index contributed by atoms with van der Waals surface area (Å²) in [6.45, 7) is 2.95. The average Bonchev–Trinajstić information content (AvgIpc) is 2.98. The van der Waals surface area contributed by atoms with E-state index in [9.17, 15) is 4.79 Å². The number of carbonyl (C=O) groups excluding carboxylic acids is 1. The molecule has 23 heavy (non-hydrogen) atoms. The highest BCUT2D eigenvalue weighted by atomic mass is 35.5. The Bertz CT molecular complexity index is 675. The topological polar surface area (TPSA) is 66.9 Å². The third-order valence-corrected chi connectivity index (χ3v) is 4.74. The zero-order chi connectivity index (χ0) is 16.5. The van der Waals surface area contributed by atoms with Crippen molar-refractivity contribution < 1.29 is 4.79 Å². The van der Waals surface area contributed by atoms with E-state index < -0.39 is 0 Å². The summed E-state index contributed by atoms with van der Waals surface area (Å²) < 4.78 is 0. The molecular weight excluding hydrogens is 352 g/mol. The minimum atomic E-state index is -0.269. The van der Waals surface area contributed by atoms with Gasteiger partial charge in [-0.2, -0.15) is 11.8 Å². The molecule has 0 spiro atoms. The second-order valence-electron chi connectivity index (χ2n) is 4.38. The lowest BCUT2D eigenvalue weighted by atomic mass is 10.2. The smallest absolute Gasteiger partial charge is 0.250 e. The summed E-state index contributed by atoms with van der Waals surface area (Å²) in [7, 11) is 0. The maximum absolute atomic E-state index is 11.9. The SMILES string of the molecule is CCSCCNc1nnc(NC(=O)C=Cc2ccccc2Cl)s1. The molecule has 1 heterocycles. The van der Waals surface area contributed by atoms with Crippen LogP contribution >= 0.6 is 34.7 Å². The number of anilines is 2. The van der Waals surface area contributed by atoms with Gasteiger partial charge in [0.1, 0.15) is 0 Å². The van der Waals surface area contributed by atoms with Crippen molar-refractivity contribution in [1.82, 2.24) is 10.2 Å². The molecule has 0 unspecified atom stereocenters. The lowest BCUT2D eigenvalue weighted by molar-refractivity contribution is -0.111. The molecule has 1 aromatic heterocycles. The van der Waals surface area contributed by atoms with Crippen molar-refractivity contribution in [3.8, 4) is 0 Å². The van der Waals surface area contributed by atoms with Crippen molar-refractivity contribution in [3.05, 3.63) is 40.9 Å². The highest BCUT2D eigenvalue weighted by molar-refractivity contribution is 7.99. The first-order valence-electron chi connectivity index (χ1n) is 7.07. The Morgan fingerprint density at radius 1 is 1.35 bits per heavy atom. The fraction of sp³-hybridized carbons (Fsp3) is 0.267. The van der Waals surface area contributed by atoms with E-state index in [0.717, 1.165) is 23.6 Å². The van der Waals surface area contributed by atoms with Crippen molar-refractivity contribution in [1.29, 1.82) is 0 Å². The van der Waals surface area contributed by atoms with E-state index in [2.05, 4.69) is 27.8 Å². The van der Waals surface area contributed by atoms with Gasteiger partial charge in [0, 0.05) is 23.4 Å². The Kier molecular flexibility index (Phi) is 7.38. The molecule has 0 atom stereocenters. The molecular formula is C15H17ClN4OS2. The monoisotopic (exact) mass is 368 g/mol. The molecule has 0 aliphatic heterocycles. The van der Waals surface area contributed by atoms with E-state index in [-0.39, 0.29) is 5.91 Å². The van der Waals surface area contributed by atoms with Gasteiger partial charge in [-0.25, -0.2) is 0 Å². The molecule has 1 aromatic carbocycles. The molecule has 2 aromatic rings. The summed E-state index contributed by atoms with van der Waals surface area (Å²) in [6.07, 6.45) is 3.09. The number of nitrogens with zero attached hydrogens (tertiary/aromatic N) is 2. The van der Waals surface area contributed by atoms with E-state index >= 15 is 0 Å².